The molecule has 3 nitrogen and oxygen atoms in total. The predicted octanol–water partition coefficient (Wildman–Crippen LogP) is 0.953. The van der Waals surface area contributed by atoms with Crippen molar-refractivity contribution in [3.63, 3.8) is 0 Å². The van der Waals surface area contributed by atoms with Gasteiger partial charge in [-0.05, 0) is 31.6 Å². The van der Waals surface area contributed by atoms with E-state index in [1.807, 2.05) is 0 Å². The molecule has 2 heterocycles. The quantitative estimate of drug-likeness (QED) is 0.698. The molecular weight excluding hydrogens is 168 g/mol. The maximum absolute atomic E-state index is 9.99. The molecular formula is C10H18O3. The van der Waals surface area contributed by atoms with Crippen LogP contribution in [0.4, 0.5) is 0 Å². The zero-order chi connectivity index (χ0) is 9.10. The number of aliphatic hydroxyl groups is 1. The molecule has 0 saturated carbocycles. The summed E-state index contributed by atoms with van der Waals surface area (Å²) in [6.45, 7) is 2.42. The van der Waals surface area contributed by atoms with E-state index in [0.717, 1.165) is 45.5 Å². The van der Waals surface area contributed by atoms with Crippen molar-refractivity contribution in [1.29, 1.82) is 0 Å². The Hall–Kier alpha value is -0.120. The molecule has 76 valence electrons. The minimum Gasteiger partial charge on any atom is -0.390 e. The van der Waals surface area contributed by atoms with E-state index in [4.69, 9.17) is 9.47 Å². The van der Waals surface area contributed by atoms with Crippen molar-refractivity contribution in [1.82, 2.24) is 0 Å². The van der Waals surface area contributed by atoms with Gasteiger partial charge in [-0.1, -0.05) is 0 Å². The van der Waals surface area contributed by atoms with Gasteiger partial charge in [0.25, 0.3) is 0 Å². The highest BCUT2D eigenvalue weighted by Gasteiger charge is 2.31. The summed E-state index contributed by atoms with van der Waals surface area (Å²) in [5.74, 6) is 0.400. The number of rotatable bonds is 2. The third kappa shape index (κ3) is 2.22. The van der Waals surface area contributed by atoms with Crippen LogP contribution in [0.25, 0.3) is 0 Å². The van der Waals surface area contributed by atoms with Crippen LogP contribution < -0.4 is 0 Å². The average Bonchev–Trinajstić information content (AvgIpc) is 2.71. The highest BCUT2D eigenvalue weighted by atomic mass is 16.5. The number of ether oxygens (including phenoxy) is 2. The second-order valence-electron chi connectivity index (χ2n) is 3.99. The molecule has 2 saturated heterocycles. The fourth-order valence-electron chi connectivity index (χ4n) is 2.23. The molecule has 2 fully saturated rings. The van der Waals surface area contributed by atoms with Gasteiger partial charge in [-0.25, -0.2) is 0 Å². The summed E-state index contributed by atoms with van der Waals surface area (Å²) >= 11 is 0. The summed E-state index contributed by atoms with van der Waals surface area (Å²) in [7, 11) is 0. The minimum absolute atomic E-state index is 0.100. The van der Waals surface area contributed by atoms with Crippen LogP contribution >= 0.6 is 0 Å². The molecule has 1 N–H and O–H groups in total. The van der Waals surface area contributed by atoms with E-state index < -0.39 is 0 Å². The molecule has 0 aromatic carbocycles. The first-order chi connectivity index (χ1) is 6.38. The Morgan fingerprint density at radius 2 is 1.85 bits per heavy atom. The normalized spacial score (nSPS) is 33.5. The summed E-state index contributed by atoms with van der Waals surface area (Å²) in [4.78, 5) is 0. The largest absolute Gasteiger partial charge is 0.390 e. The van der Waals surface area contributed by atoms with Crippen LogP contribution in [0.15, 0.2) is 0 Å². The van der Waals surface area contributed by atoms with E-state index in [1.54, 1.807) is 0 Å². The SMILES string of the molecule is OC(C1CCOCC1)C1CCCO1. The lowest BCUT2D eigenvalue weighted by Crippen LogP contribution is -2.36. The van der Waals surface area contributed by atoms with Crippen molar-refractivity contribution in [3.05, 3.63) is 0 Å². The van der Waals surface area contributed by atoms with Crippen LogP contribution in [0.1, 0.15) is 25.7 Å². The summed E-state index contributed by atoms with van der Waals surface area (Å²) in [5, 5.41) is 9.99. The Bertz CT molecular complexity index is 148. The van der Waals surface area contributed by atoms with Crippen molar-refractivity contribution in [2.75, 3.05) is 19.8 Å². The van der Waals surface area contributed by atoms with Crippen LogP contribution in [-0.2, 0) is 9.47 Å². The van der Waals surface area contributed by atoms with Gasteiger partial charge in [0.05, 0.1) is 12.2 Å². The van der Waals surface area contributed by atoms with E-state index in [1.165, 1.54) is 0 Å². The van der Waals surface area contributed by atoms with Gasteiger partial charge in [0, 0.05) is 19.8 Å². The molecule has 0 aliphatic carbocycles. The first-order valence-corrected chi connectivity index (χ1v) is 5.25. The molecule has 2 aliphatic rings. The van der Waals surface area contributed by atoms with Gasteiger partial charge in [0.15, 0.2) is 0 Å². The second kappa shape index (κ2) is 4.40. The third-order valence-corrected chi connectivity index (χ3v) is 3.09. The van der Waals surface area contributed by atoms with Crippen molar-refractivity contribution < 1.29 is 14.6 Å². The Morgan fingerprint density at radius 3 is 2.46 bits per heavy atom. The van der Waals surface area contributed by atoms with E-state index in [9.17, 15) is 5.11 Å². The van der Waals surface area contributed by atoms with Gasteiger partial charge >= 0.3 is 0 Å². The van der Waals surface area contributed by atoms with Crippen LogP contribution in [0.5, 0.6) is 0 Å². The number of hydrogen-bond donors (Lipinski definition) is 1. The van der Waals surface area contributed by atoms with Crippen LogP contribution in [0.3, 0.4) is 0 Å². The standard InChI is InChI=1S/C10H18O3/c11-10(9-2-1-5-13-9)8-3-6-12-7-4-8/h8-11H,1-7H2. The lowest BCUT2D eigenvalue weighted by Gasteiger charge is -2.29. The summed E-state index contributed by atoms with van der Waals surface area (Å²) in [6, 6.07) is 0. The first-order valence-electron chi connectivity index (χ1n) is 5.25. The van der Waals surface area contributed by atoms with Crippen LogP contribution in [0, 0.1) is 5.92 Å². The summed E-state index contributed by atoms with van der Waals surface area (Å²) in [5.41, 5.74) is 0. The Kier molecular flexibility index (Phi) is 3.19. The van der Waals surface area contributed by atoms with Gasteiger partial charge in [-0.3, -0.25) is 0 Å². The van der Waals surface area contributed by atoms with Crippen molar-refractivity contribution in [2.45, 2.75) is 37.9 Å². The lowest BCUT2D eigenvalue weighted by atomic mass is 9.90. The van der Waals surface area contributed by atoms with Gasteiger partial charge in [0.1, 0.15) is 0 Å². The van der Waals surface area contributed by atoms with Gasteiger partial charge < -0.3 is 14.6 Å². The van der Waals surface area contributed by atoms with Gasteiger partial charge in [0.2, 0.25) is 0 Å². The van der Waals surface area contributed by atoms with Gasteiger partial charge in [-0.2, -0.15) is 0 Å². The molecule has 3 heteroatoms. The Labute approximate surface area is 79.0 Å². The van der Waals surface area contributed by atoms with E-state index in [0.29, 0.717) is 5.92 Å². The number of aliphatic hydroxyl groups excluding tert-OH is 1. The summed E-state index contributed by atoms with van der Waals surface area (Å²) < 4.78 is 10.7. The lowest BCUT2D eigenvalue weighted by molar-refractivity contribution is -0.0615. The van der Waals surface area contributed by atoms with Crippen LogP contribution in [0.2, 0.25) is 0 Å². The molecule has 2 atom stereocenters. The highest BCUT2D eigenvalue weighted by molar-refractivity contribution is 4.81. The minimum atomic E-state index is -0.258. The van der Waals surface area contributed by atoms with Crippen molar-refractivity contribution >= 4 is 0 Å². The van der Waals surface area contributed by atoms with E-state index >= 15 is 0 Å². The molecule has 2 unspecified atom stereocenters. The fraction of sp³-hybridized carbons (Fsp3) is 1.00. The molecule has 0 bridgehead atoms. The maximum Gasteiger partial charge on any atom is 0.0837 e. The maximum atomic E-state index is 9.99. The Morgan fingerprint density at radius 1 is 1.08 bits per heavy atom. The van der Waals surface area contributed by atoms with E-state index in [2.05, 4.69) is 0 Å². The fourth-order valence-corrected chi connectivity index (χ4v) is 2.23. The molecule has 0 aromatic rings. The van der Waals surface area contributed by atoms with Crippen molar-refractivity contribution in [2.24, 2.45) is 5.92 Å². The van der Waals surface area contributed by atoms with Crippen LogP contribution in [-0.4, -0.2) is 37.1 Å². The molecule has 0 radical (unpaired) electrons. The molecule has 2 rings (SSSR count). The molecule has 0 spiro atoms. The number of hydrogen-bond acceptors (Lipinski definition) is 3. The van der Waals surface area contributed by atoms with E-state index in [-0.39, 0.29) is 12.2 Å². The Balaban J connectivity index is 1.83. The second-order valence-corrected chi connectivity index (χ2v) is 3.99. The zero-order valence-corrected chi connectivity index (χ0v) is 7.95. The average molecular weight is 186 g/mol. The molecule has 13 heavy (non-hydrogen) atoms. The highest BCUT2D eigenvalue weighted by Crippen LogP contribution is 2.26. The zero-order valence-electron chi connectivity index (χ0n) is 7.95. The first kappa shape index (κ1) is 9.44. The molecule has 0 aromatic heterocycles. The monoisotopic (exact) mass is 186 g/mol. The molecule has 0 amide bonds. The third-order valence-electron chi connectivity index (χ3n) is 3.09. The topological polar surface area (TPSA) is 38.7 Å². The molecule has 2 aliphatic heterocycles. The van der Waals surface area contributed by atoms with Gasteiger partial charge in [-0.15, -0.1) is 0 Å². The van der Waals surface area contributed by atoms with Crippen molar-refractivity contribution in [3.8, 4) is 0 Å². The predicted molar refractivity (Wildman–Crippen MR) is 48.5 cm³/mol. The smallest absolute Gasteiger partial charge is 0.0837 e. The summed E-state index contributed by atoms with van der Waals surface area (Å²) in [6.07, 6.45) is 3.94.